The SMILES string of the molecule is Cc1ccc(O)c(C)c1-n1c(N)c(C(=O)N2CCn3nc(C(C)(C)O)cc3C2)c2nc(C)c(C)nc21. The Hall–Kier alpha value is -3.92. The van der Waals surface area contributed by atoms with Gasteiger partial charge in [0, 0.05) is 12.1 Å². The number of benzene rings is 1. The van der Waals surface area contributed by atoms with Crippen LogP contribution in [0.1, 0.15) is 58.1 Å². The van der Waals surface area contributed by atoms with Crippen LogP contribution in [0.25, 0.3) is 16.9 Å². The van der Waals surface area contributed by atoms with Crippen molar-refractivity contribution in [2.45, 2.75) is 60.2 Å². The second kappa shape index (κ2) is 8.06. The third-order valence-corrected chi connectivity index (χ3v) is 6.99. The summed E-state index contributed by atoms with van der Waals surface area (Å²) in [5.74, 6) is 0.114. The van der Waals surface area contributed by atoms with Crippen molar-refractivity contribution in [2.24, 2.45) is 0 Å². The molecule has 0 saturated carbocycles. The number of nitrogens with zero attached hydrogens (tertiary/aromatic N) is 6. The molecule has 1 aliphatic heterocycles. The summed E-state index contributed by atoms with van der Waals surface area (Å²) in [6, 6.07) is 5.28. The molecule has 0 atom stereocenters. The number of carbonyl (C=O) groups is 1. The number of phenols is 1. The van der Waals surface area contributed by atoms with Crippen LogP contribution in [0.2, 0.25) is 0 Å². The number of aromatic nitrogens is 5. The second-order valence-corrected chi connectivity index (χ2v) is 10.1. The number of nitrogen functional groups attached to an aromatic ring is 1. The molecule has 5 rings (SSSR count). The van der Waals surface area contributed by atoms with E-state index in [1.807, 2.05) is 44.5 Å². The minimum atomic E-state index is -1.07. The Kier molecular flexibility index (Phi) is 5.33. The highest BCUT2D eigenvalue weighted by atomic mass is 16.3. The summed E-state index contributed by atoms with van der Waals surface area (Å²) in [5, 5.41) is 25.3. The van der Waals surface area contributed by atoms with Gasteiger partial charge in [0.15, 0.2) is 5.65 Å². The summed E-state index contributed by atoms with van der Waals surface area (Å²) in [5.41, 5.74) is 11.9. The van der Waals surface area contributed by atoms with Gasteiger partial charge in [0.25, 0.3) is 5.91 Å². The summed E-state index contributed by atoms with van der Waals surface area (Å²) in [7, 11) is 0. The van der Waals surface area contributed by atoms with Crippen molar-refractivity contribution in [3.63, 3.8) is 0 Å². The van der Waals surface area contributed by atoms with E-state index in [-0.39, 0.29) is 17.5 Å². The lowest BCUT2D eigenvalue weighted by molar-refractivity contribution is 0.0691. The van der Waals surface area contributed by atoms with Crippen LogP contribution in [0.3, 0.4) is 0 Å². The first-order valence-corrected chi connectivity index (χ1v) is 11.9. The van der Waals surface area contributed by atoms with Crippen molar-refractivity contribution in [3.8, 4) is 11.4 Å². The monoisotopic (exact) mass is 489 g/mol. The van der Waals surface area contributed by atoms with E-state index < -0.39 is 5.60 Å². The number of phenolic OH excluding ortho intramolecular Hbond substituents is 1. The molecule has 10 heteroatoms. The minimum Gasteiger partial charge on any atom is -0.508 e. The number of aliphatic hydroxyl groups is 1. The van der Waals surface area contributed by atoms with Gasteiger partial charge in [-0.3, -0.25) is 14.0 Å². The summed E-state index contributed by atoms with van der Waals surface area (Å²) >= 11 is 0. The lowest BCUT2D eigenvalue weighted by atomic mass is 10.1. The van der Waals surface area contributed by atoms with Gasteiger partial charge < -0.3 is 20.8 Å². The van der Waals surface area contributed by atoms with Gasteiger partial charge in [-0.2, -0.15) is 5.10 Å². The first kappa shape index (κ1) is 23.8. The van der Waals surface area contributed by atoms with Crippen molar-refractivity contribution in [2.75, 3.05) is 12.3 Å². The fourth-order valence-electron chi connectivity index (χ4n) is 4.77. The fourth-order valence-corrected chi connectivity index (χ4v) is 4.77. The average molecular weight is 490 g/mol. The maximum atomic E-state index is 14.0. The number of nitrogens with two attached hydrogens (primary N) is 1. The van der Waals surface area contributed by atoms with E-state index in [0.29, 0.717) is 59.0 Å². The van der Waals surface area contributed by atoms with Crippen molar-refractivity contribution >= 4 is 22.9 Å². The molecule has 10 nitrogen and oxygen atoms in total. The molecule has 4 aromatic rings. The zero-order chi connectivity index (χ0) is 26.1. The predicted molar refractivity (Wildman–Crippen MR) is 136 cm³/mol. The zero-order valence-electron chi connectivity index (χ0n) is 21.4. The predicted octanol–water partition coefficient (Wildman–Crippen LogP) is 3.02. The molecule has 0 spiro atoms. The molecular weight excluding hydrogens is 458 g/mol. The zero-order valence-corrected chi connectivity index (χ0v) is 21.4. The van der Waals surface area contributed by atoms with Gasteiger partial charge in [0.1, 0.15) is 28.2 Å². The van der Waals surface area contributed by atoms with Crippen molar-refractivity contribution < 1.29 is 15.0 Å². The number of amides is 1. The number of aromatic hydroxyl groups is 1. The first-order valence-electron chi connectivity index (χ1n) is 11.9. The van der Waals surface area contributed by atoms with E-state index >= 15 is 0 Å². The average Bonchev–Trinajstić information content (AvgIpc) is 3.36. The Bertz CT molecular complexity index is 1540. The van der Waals surface area contributed by atoms with Gasteiger partial charge in [-0.15, -0.1) is 0 Å². The van der Waals surface area contributed by atoms with Crippen LogP contribution in [0, 0.1) is 27.7 Å². The lowest BCUT2D eigenvalue weighted by Crippen LogP contribution is -2.38. The van der Waals surface area contributed by atoms with Gasteiger partial charge in [0.2, 0.25) is 0 Å². The number of aryl methyl sites for hydroxylation is 3. The maximum Gasteiger partial charge on any atom is 0.260 e. The Balaban J connectivity index is 1.66. The number of anilines is 1. The van der Waals surface area contributed by atoms with Crippen LogP contribution in [0.15, 0.2) is 18.2 Å². The number of rotatable bonds is 3. The lowest BCUT2D eigenvalue weighted by Gasteiger charge is -2.27. The number of fused-ring (bicyclic) bond motifs is 2. The number of carbonyl (C=O) groups excluding carboxylic acids is 1. The summed E-state index contributed by atoms with van der Waals surface area (Å²) < 4.78 is 3.56. The van der Waals surface area contributed by atoms with E-state index in [0.717, 1.165) is 17.0 Å². The third kappa shape index (κ3) is 3.60. The number of hydrogen-bond acceptors (Lipinski definition) is 7. The number of hydrogen-bond donors (Lipinski definition) is 3. The van der Waals surface area contributed by atoms with Crippen LogP contribution in [0.4, 0.5) is 5.82 Å². The van der Waals surface area contributed by atoms with Crippen LogP contribution in [0.5, 0.6) is 5.75 Å². The van der Waals surface area contributed by atoms with Gasteiger partial charge in [-0.05, 0) is 59.2 Å². The van der Waals surface area contributed by atoms with Crippen molar-refractivity contribution in [3.05, 3.63) is 57.7 Å². The van der Waals surface area contributed by atoms with Crippen LogP contribution >= 0.6 is 0 Å². The van der Waals surface area contributed by atoms with Crippen molar-refractivity contribution in [1.82, 2.24) is 29.2 Å². The molecule has 0 unspecified atom stereocenters. The van der Waals surface area contributed by atoms with E-state index in [4.69, 9.17) is 15.7 Å². The van der Waals surface area contributed by atoms with Gasteiger partial charge >= 0.3 is 0 Å². The highest BCUT2D eigenvalue weighted by molar-refractivity contribution is 6.10. The minimum absolute atomic E-state index is 0.133. The summed E-state index contributed by atoms with van der Waals surface area (Å²) in [6.45, 7) is 12.1. The summed E-state index contributed by atoms with van der Waals surface area (Å²) in [4.78, 5) is 25.2. The second-order valence-electron chi connectivity index (χ2n) is 10.1. The molecular formula is C26H31N7O3. The molecule has 0 bridgehead atoms. The van der Waals surface area contributed by atoms with Gasteiger partial charge in [-0.25, -0.2) is 9.97 Å². The third-order valence-electron chi connectivity index (χ3n) is 6.99. The summed E-state index contributed by atoms with van der Waals surface area (Å²) in [6.07, 6.45) is 0. The Morgan fingerprint density at radius 1 is 1.08 bits per heavy atom. The standard InChI is InChI=1S/C26H31N7O3/c1-13-7-8-18(34)14(2)22(13)33-23(27)20(21-24(33)29-16(4)15(3)28-21)25(35)31-9-10-32-17(12-31)11-19(30-32)26(5,6)36/h7-8,11,34,36H,9-10,12,27H2,1-6H3. The van der Waals surface area contributed by atoms with Crippen LogP contribution in [-0.4, -0.2) is 51.9 Å². The molecule has 4 N–H and O–H groups in total. The maximum absolute atomic E-state index is 14.0. The Morgan fingerprint density at radius 3 is 2.47 bits per heavy atom. The van der Waals surface area contributed by atoms with E-state index in [1.54, 1.807) is 29.4 Å². The van der Waals surface area contributed by atoms with E-state index in [9.17, 15) is 15.0 Å². The molecule has 188 valence electrons. The van der Waals surface area contributed by atoms with Gasteiger partial charge in [-0.1, -0.05) is 6.07 Å². The molecule has 1 aromatic carbocycles. The molecule has 4 heterocycles. The highest BCUT2D eigenvalue weighted by Gasteiger charge is 2.32. The van der Waals surface area contributed by atoms with Crippen LogP contribution in [-0.2, 0) is 18.7 Å². The molecule has 0 saturated heterocycles. The smallest absolute Gasteiger partial charge is 0.260 e. The molecule has 0 aliphatic carbocycles. The largest absolute Gasteiger partial charge is 0.508 e. The highest BCUT2D eigenvalue weighted by Crippen LogP contribution is 2.36. The Morgan fingerprint density at radius 2 is 1.78 bits per heavy atom. The molecule has 36 heavy (non-hydrogen) atoms. The first-order chi connectivity index (χ1) is 16.9. The molecule has 0 radical (unpaired) electrons. The molecule has 1 amide bonds. The quantitative estimate of drug-likeness (QED) is 0.402. The molecule has 1 aliphatic rings. The molecule has 3 aromatic heterocycles. The van der Waals surface area contributed by atoms with Gasteiger partial charge in [0.05, 0.1) is 41.6 Å². The molecule has 0 fully saturated rings. The fraction of sp³-hybridized carbons (Fsp3) is 0.385. The van der Waals surface area contributed by atoms with Crippen LogP contribution < -0.4 is 5.73 Å². The Labute approximate surface area is 209 Å². The van der Waals surface area contributed by atoms with E-state index in [1.165, 1.54) is 0 Å². The topological polar surface area (TPSA) is 135 Å². The normalized spacial score (nSPS) is 13.9. The van der Waals surface area contributed by atoms with Crippen molar-refractivity contribution in [1.29, 1.82) is 0 Å². The van der Waals surface area contributed by atoms with E-state index in [2.05, 4.69) is 5.10 Å².